The molecule has 0 fully saturated rings. The van der Waals surface area contributed by atoms with E-state index in [1.807, 2.05) is 0 Å². The van der Waals surface area contributed by atoms with Crippen molar-refractivity contribution in [2.45, 2.75) is 58.8 Å². The van der Waals surface area contributed by atoms with Crippen molar-refractivity contribution < 1.29 is 19.7 Å². The molecule has 2 N–H and O–H groups in total. The zero-order valence-electron chi connectivity index (χ0n) is 12.9. The van der Waals surface area contributed by atoms with Crippen LogP contribution in [-0.4, -0.2) is 49.9 Å². The minimum Gasteiger partial charge on any atom is -0.394 e. The van der Waals surface area contributed by atoms with Crippen molar-refractivity contribution in [3.05, 3.63) is 0 Å². The van der Waals surface area contributed by atoms with Crippen LogP contribution in [0.1, 0.15) is 58.8 Å². The van der Waals surface area contributed by atoms with Crippen LogP contribution in [0.25, 0.3) is 0 Å². The first-order chi connectivity index (χ1) is 9.33. The molecule has 0 atom stereocenters. The molecule has 0 aromatic rings. The third-order valence-electron chi connectivity index (χ3n) is 2.51. The predicted octanol–water partition coefficient (Wildman–Crippen LogP) is 2.76. The summed E-state index contributed by atoms with van der Waals surface area (Å²) in [7, 11) is 0. The standard InChI is InChI=1S/C11H24O.C4H10O3/c1-3-5-7-9-11-12-10-8-6-4-2;5-1-3-7-4-2-6/h3-11H2,1-2H3;5-6H,1-4H2. The first-order valence-corrected chi connectivity index (χ1v) is 7.70. The molecule has 0 amide bonds. The van der Waals surface area contributed by atoms with Crippen LogP contribution in [0.4, 0.5) is 0 Å². The van der Waals surface area contributed by atoms with Gasteiger partial charge in [-0.3, -0.25) is 0 Å². The molecule has 0 spiro atoms. The van der Waals surface area contributed by atoms with Crippen LogP contribution in [0.3, 0.4) is 0 Å². The smallest absolute Gasteiger partial charge is 0.0698 e. The quantitative estimate of drug-likeness (QED) is 0.509. The largest absolute Gasteiger partial charge is 0.394 e. The molecule has 0 aliphatic carbocycles. The van der Waals surface area contributed by atoms with Crippen LogP contribution < -0.4 is 0 Å². The second-order valence-corrected chi connectivity index (χ2v) is 4.44. The summed E-state index contributed by atoms with van der Waals surface area (Å²) >= 11 is 0. The monoisotopic (exact) mass is 278 g/mol. The zero-order chi connectivity index (χ0) is 14.6. The Morgan fingerprint density at radius 3 is 1.47 bits per heavy atom. The molecule has 0 aromatic carbocycles. The van der Waals surface area contributed by atoms with E-state index in [4.69, 9.17) is 14.9 Å². The second kappa shape index (κ2) is 23.0. The average Bonchev–Trinajstić information content (AvgIpc) is 2.43. The van der Waals surface area contributed by atoms with Crippen molar-refractivity contribution in [1.82, 2.24) is 0 Å². The van der Waals surface area contributed by atoms with Gasteiger partial charge in [-0.1, -0.05) is 46.0 Å². The highest BCUT2D eigenvalue weighted by molar-refractivity contribution is 4.40. The van der Waals surface area contributed by atoms with Gasteiger partial charge in [-0.25, -0.2) is 0 Å². The van der Waals surface area contributed by atoms with Gasteiger partial charge in [0, 0.05) is 13.2 Å². The van der Waals surface area contributed by atoms with Crippen molar-refractivity contribution in [2.24, 2.45) is 0 Å². The van der Waals surface area contributed by atoms with E-state index in [0.29, 0.717) is 13.2 Å². The number of ether oxygens (including phenoxy) is 2. The van der Waals surface area contributed by atoms with Gasteiger partial charge in [-0.15, -0.1) is 0 Å². The molecule has 0 radical (unpaired) electrons. The van der Waals surface area contributed by atoms with Gasteiger partial charge >= 0.3 is 0 Å². The molecule has 0 rings (SSSR count). The molecule has 0 saturated carbocycles. The summed E-state index contributed by atoms with van der Waals surface area (Å²) < 4.78 is 10.1. The fourth-order valence-corrected chi connectivity index (χ4v) is 1.42. The third-order valence-corrected chi connectivity index (χ3v) is 2.51. The molecule has 0 aliphatic heterocycles. The first kappa shape index (κ1) is 21.1. The Morgan fingerprint density at radius 1 is 0.579 bits per heavy atom. The van der Waals surface area contributed by atoms with Crippen molar-refractivity contribution in [3.63, 3.8) is 0 Å². The molecule has 0 unspecified atom stereocenters. The highest BCUT2D eigenvalue weighted by Gasteiger charge is 1.89. The number of aliphatic hydroxyl groups excluding tert-OH is 2. The van der Waals surface area contributed by atoms with E-state index in [9.17, 15) is 0 Å². The van der Waals surface area contributed by atoms with E-state index in [2.05, 4.69) is 18.6 Å². The fourth-order valence-electron chi connectivity index (χ4n) is 1.42. The van der Waals surface area contributed by atoms with Crippen molar-refractivity contribution in [3.8, 4) is 0 Å². The lowest BCUT2D eigenvalue weighted by atomic mass is 10.2. The normalized spacial score (nSPS) is 10.1. The molecule has 0 saturated heterocycles. The summed E-state index contributed by atoms with van der Waals surface area (Å²) in [6.07, 6.45) is 9.11. The Labute approximate surface area is 119 Å². The topological polar surface area (TPSA) is 58.9 Å². The molecular formula is C15H34O4. The summed E-state index contributed by atoms with van der Waals surface area (Å²) in [4.78, 5) is 0. The van der Waals surface area contributed by atoms with Crippen LogP contribution in [-0.2, 0) is 9.47 Å². The number of aliphatic hydroxyl groups is 2. The average molecular weight is 278 g/mol. The molecule has 0 aliphatic rings. The van der Waals surface area contributed by atoms with E-state index in [0.717, 1.165) is 13.2 Å². The molecule has 4 nitrogen and oxygen atoms in total. The van der Waals surface area contributed by atoms with Gasteiger partial charge in [-0.2, -0.15) is 0 Å². The minimum atomic E-state index is 0.0278. The van der Waals surface area contributed by atoms with Gasteiger partial charge in [0.15, 0.2) is 0 Å². The predicted molar refractivity (Wildman–Crippen MR) is 79.5 cm³/mol. The van der Waals surface area contributed by atoms with Crippen LogP contribution in [0.5, 0.6) is 0 Å². The maximum atomic E-state index is 8.09. The third kappa shape index (κ3) is 27.2. The molecular weight excluding hydrogens is 244 g/mol. The number of hydrogen-bond acceptors (Lipinski definition) is 4. The first-order valence-electron chi connectivity index (χ1n) is 7.70. The van der Waals surface area contributed by atoms with Crippen LogP contribution in [0.15, 0.2) is 0 Å². The van der Waals surface area contributed by atoms with Gasteiger partial charge in [-0.05, 0) is 12.8 Å². The van der Waals surface area contributed by atoms with Crippen LogP contribution in [0.2, 0.25) is 0 Å². The molecule has 0 bridgehead atoms. The fraction of sp³-hybridized carbons (Fsp3) is 1.00. The summed E-state index contributed by atoms with van der Waals surface area (Å²) in [5.74, 6) is 0. The van der Waals surface area contributed by atoms with E-state index >= 15 is 0 Å². The maximum Gasteiger partial charge on any atom is 0.0698 e. The number of hydrogen-bond donors (Lipinski definition) is 2. The van der Waals surface area contributed by atoms with E-state index in [1.54, 1.807) is 0 Å². The SMILES string of the molecule is CCCCCCOCCCCC.OCCOCCO. The molecule has 0 heterocycles. The van der Waals surface area contributed by atoms with Gasteiger partial charge in [0.2, 0.25) is 0 Å². The highest BCUT2D eigenvalue weighted by Crippen LogP contribution is 2.00. The summed E-state index contributed by atoms with van der Waals surface area (Å²) in [6, 6.07) is 0. The van der Waals surface area contributed by atoms with E-state index in [1.165, 1.54) is 44.9 Å². The van der Waals surface area contributed by atoms with Crippen LogP contribution >= 0.6 is 0 Å². The van der Waals surface area contributed by atoms with Gasteiger partial charge in [0.05, 0.1) is 26.4 Å². The summed E-state index contributed by atoms with van der Waals surface area (Å²) in [5.41, 5.74) is 0. The van der Waals surface area contributed by atoms with Crippen LogP contribution in [0, 0.1) is 0 Å². The molecule has 19 heavy (non-hydrogen) atoms. The second-order valence-electron chi connectivity index (χ2n) is 4.44. The minimum absolute atomic E-state index is 0.0278. The summed E-state index contributed by atoms with van der Waals surface area (Å²) in [6.45, 7) is 7.11. The molecule has 4 heteroatoms. The Kier molecular flexibility index (Phi) is 25.6. The highest BCUT2D eigenvalue weighted by atomic mass is 16.5. The Balaban J connectivity index is 0. The van der Waals surface area contributed by atoms with Gasteiger partial charge < -0.3 is 19.7 Å². The zero-order valence-corrected chi connectivity index (χ0v) is 12.9. The van der Waals surface area contributed by atoms with E-state index in [-0.39, 0.29) is 13.2 Å². The van der Waals surface area contributed by atoms with E-state index < -0.39 is 0 Å². The van der Waals surface area contributed by atoms with Crippen molar-refractivity contribution in [1.29, 1.82) is 0 Å². The number of rotatable bonds is 13. The van der Waals surface area contributed by atoms with Crippen molar-refractivity contribution in [2.75, 3.05) is 39.6 Å². The summed E-state index contributed by atoms with van der Waals surface area (Å²) in [5, 5.41) is 16.2. The lowest BCUT2D eigenvalue weighted by Crippen LogP contribution is -2.03. The van der Waals surface area contributed by atoms with Gasteiger partial charge in [0.1, 0.15) is 0 Å². The molecule has 118 valence electrons. The Bertz CT molecular complexity index is 117. The maximum absolute atomic E-state index is 8.09. The number of unbranched alkanes of at least 4 members (excludes halogenated alkanes) is 5. The lowest BCUT2D eigenvalue weighted by molar-refractivity contribution is 0.0650. The van der Waals surface area contributed by atoms with Crippen molar-refractivity contribution >= 4 is 0 Å². The Hall–Kier alpha value is -0.160. The molecule has 0 aromatic heterocycles. The van der Waals surface area contributed by atoms with Gasteiger partial charge in [0.25, 0.3) is 0 Å². The lowest BCUT2D eigenvalue weighted by Gasteiger charge is -2.02. The Morgan fingerprint density at radius 2 is 1.00 bits per heavy atom.